The van der Waals surface area contributed by atoms with Crippen LogP contribution in [-0.2, 0) is 6.54 Å². The standard InChI is InChI=1S/C13H11ClFN5O/c1-20(6-7-4-8(14)2-3-10(7)15)13-17-11-9(5-16-19-11)12(21)18-13/h2-5H,6H2,1H3,(H2,16,17,18,19,21). The summed E-state index contributed by atoms with van der Waals surface area (Å²) in [6.45, 7) is 0.217. The van der Waals surface area contributed by atoms with Crippen molar-refractivity contribution in [2.24, 2.45) is 0 Å². The molecule has 0 spiro atoms. The van der Waals surface area contributed by atoms with E-state index in [0.29, 0.717) is 27.6 Å². The van der Waals surface area contributed by atoms with E-state index in [4.69, 9.17) is 11.6 Å². The lowest BCUT2D eigenvalue weighted by Gasteiger charge is -2.18. The first-order valence-corrected chi connectivity index (χ1v) is 6.51. The van der Waals surface area contributed by atoms with Crippen molar-refractivity contribution in [3.8, 4) is 0 Å². The smallest absolute Gasteiger partial charge is 0.263 e. The van der Waals surface area contributed by atoms with Gasteiger partial charge in [0.1, 0.15) is 11.2 Å². The number of hydrogen-bond acceptors (Lipinski definition) is 4. The van der Waals surface area contributed by atoms with Gasteiger partial charge in [-0.05, 0) is 18.2 Å². The van der Waals surface area contributed by atoms with Gasteiger partial charge in [-0.15, -0.1) is 0 Å². The number of H-pyrrole nitrogens is 2. The van der Waals surface area contributed by atoms with E-state index in [1.165, 1.54) is 18.3 Å². The van der Waals surface area contributed by atoms with Crippen molar-refractivity contribution >= 4 is 28.6 Å². The largest absolute Gasteiger partial charge is 0.341 e. The molecule has 0 radical (unpaired) electrons. The molecule has 0 amide bonds. The monoisotopic (exact) mass is 307 g/mol. The SMILES string of the molecule is CN(Cc1cc(Cl)ccc1F)c1nc2[nH]ncc2c(=O)[nH]1. The summed E-state index contributed by atoms with van der Waals surface area (Å²) in [6.07, 6.45) is 1.40. The maximum Gasteiger partial charge on any atom is 0.263 e. The molecule has 0 aliphatic carbocycles. The number of hydrogen-bond donors (Lipinski definition) is 2. The van der Waals surface area contributed by atoms with Crippen LogP contribution in [0.5, 0.6) is 0 Å². The van der Waals surface area contributed by atoms with E-state index in [-0.39, 0.29) is 17.9 Å². The van der Waals surface area contributed by atoms with Crippen LogP contribution in [0.4, 0.5) is 10.3 Å². The van der Waals surface area contributed by atoms with Crippen LogP contribution in [0.15, 0.2) is 29.2 Å². The highest BCUT2D eigenvalue weighted by molar-refractivity contribution is 6.30. The molecule has 0 aliphatic heterocycles. The van der Waals surface area contributed by atoms with Crippen molar-refractivity contribution < 1.29 is 4.39 Å². The van der Waals surface area contributed by atoms with E-state index in [1.54, 1.807) is 18.0 Å². The maximum atomic E-state index is 13.7. The summed E-state index contributed by atoms with van der Waals surface area (Å²) in [5.74, 6) is -0.0488. The lowest BCUT2D eigenvalue weighted by molar-refractivity contribution is 0.607. The Morgan fingerprint density at radius 2 is 2.24 bits per heavy atom. The second kappa shape index (κ2) is 5.17. The molecule has 0 aliphatic rings. The molecule has 6 nitrogen and oxygen atoms in total. The highest BCUT2D eigenvalue weighted by atomic mass is 35.5. The van der Waals surface area contributed by atoms with Crippen LogP contribution < -0.4 is 10.5 Å². The molecule has 21 heavy (non-hydrogen) atoms. The average Bonchev–Trinajstić information content (AvgIpc) is 2.91. The van der Waals surface area contributed by atoms with Crippen molar-refractivity contribution in [2.75, 3.05) is 11.9 Å². The number of rotatable bonds is 3. The molecule has 0 unspecified atom stereocenters. The van der Waals surface area contributed by atoms with Gasteiger partial charge in [-0.25, -0.2) is 4.39 Å². The summed E-state index contributed by atoms with van der Waals surface area (Å²) in [5.41, 5.74) is 0.492. The quantitative estimate of drug-likeness (QED) is 0.776. The first-order valence-electron chi connectivity index (χ1n) is 6.13. The minimum Gasteiger partial charge on any atom is -0.341 e. The second-order valence-corrected chi connectivity index (χ2v) is 5.05. The van der Waals surface area contributed by atoms with Gasteiger partial charge in [-0.3, -0.25) is 14.9 Å². The Bertz CT molecular complexity index is 859. The third-order valence-electron chi connectivity index (χ3n) is 3.08. The van der Waals surface area contributed by atoms with Crippen LogP contribution in [0.2, 0.25) is 5.02 Å². The predicted molar refractivity (Wildman–Crippen MR) is 78.0 cm³/mol. The Morgan fingerprint density at radius 3 is 3.05 bits per heavy atom. The molecule has 2 aromatic heterocycles. The summed E-state index contributed by atoms with van der Waals surface area (Å²) in [4.78, 5) is 20.4. The molecule has 3 aromatic rings. The van der Waals surface area contributed by atoms with Gasteiger partial charge in [0.25, 0.3) is 5.56 Å². The fourth-order valence-electron chi connectivity index (χ4n) is 2.01. The van der Waals surface area contributed by atoms with Crippen molar-refractivity contribution in [1.29, 1.82) is 0 Å². The van der Waals surface area contributed by atoms with Crippen LogP contribution in [0, 0.1) is 5.82 Å². The molecule has 3 rings (SSSR count). The number of anilines is 1. The molecular weight excluding hydrogens is 297 g/mol. The van der Waals surface area contributed by atoms with Gasteiger partial charge in [0.2, 0.25) is 5.95 Å². The number of aromatic nitrogens is 4. The van der Waals surface area contributed by atoms with Crippen LogP contribution in [0.25, 0.3) is 11.0 Å². The minimum atomic E-state index is -0.365. The third-order valence-corrected chi connectivity index (χ3v) is 3.32. The number of fused-ring (bicyclic) bond motifs is 1. The van der Waals surface area contributed by atoms with Crippen LogP contribution in [0.1, 0.15) is 5.56 Å². The molecular formula is C13H11ClFN5O. The molecule has 1 aromatic carbocycles. The zero-order valence-corrected chi connectivity index (χ0v) is 11.8. The number of halogens is 2. The number of benzene rings is 1. The molecule has 2 heterocycles. The Hall–Kier alpha value is -2.41. The van der Waals surface area contributed by atoms with Crippen LogP contribution in [0.3, 0.4) is 0 Å². The second-order valence-electron chi connectivity index (χ2n) is 4.61. The van der Waals surface area contributed by atoms with Crippen LogP contribution in [-0.4, -0.2) is 27.2 Å². The summed E-state index contributed by atoms with van der Waals surface area (Å²) < 4.78 is 13.7. The summed E-state index contributed by atoms with van der Waals surface area (Å²) in [6, 6.07) is 4.33. The molecule has 8 heteroatoms. The average molecular weight is 308 g/mol. The van der Waals surface area contributed by atoms with E-state index < -0.39 is 0 Å². The summed E-state index contributed by atoms with van der Waals surface area (Å²) in [7, 11) is 1.70. The summed E-state index contributed by atoms with van der Waals surface area (Å²) >= 11 is 5.86. The van der Waals surface area contributed by atoms with Crippen molar-refractivity contribution in [1.82, 2.24) is 20.2 Å². The lowest BCUT2D eigenvalue weighted by atomic mass is 10.2. The molecule has 0 saturated heterocycles. The fraction of sp³-hybridized carbons (Fsp3) is 0.154. The molecule has 0 fully saturated rings. The van der Waals surface area contributed by atoms with Gasteiger partial charge in [-0.1, -0.05) is 11.6 Å². The lowest BCUT2D eigenvalue weighted by Crippen LogP contribution is -2.23. The maximum absolute atomic E-state index is 13.7. The Balaban J connectivity index is 1.95. The highest BCUT2D eigenvalue weighted by Crippen LogP contribution is 2.18. The van der Waals surface area contributed by atoms with E-state index in [9.17, 15) is 9.18 Å². The molecule has 0 saturated carbocycles. The number of nitrogens with zero attached hydrogens (tertiary/aromatic N) is 3. The van der Waals surface area contributed by atoms with Crippen molar-refractivity contribution in [2.45, 2.75) is 6.54 Å². The first kappa shape index (κ1) is 13.6. The van der Waals surface area contributed by atoms with Gasteiger partial charge in [0.05, 0.1) is 6.20 Å². The van der Waals surface area contributed by atoms with Crippen molar-refractivity contribution in [3.63, 3.8) is 0 Å². The van der Waals surface area contributed by atoms with E-state index in [0.717, 1.165) is 0 Å². The van der Waals surface area contributed by atoms with Crippen molar-refractivity contribution in [3.05, 3.63) is 51.2 Å². The Morgan fingerprint density at radius 1 is 1.43 bits per heavy atom. The minimum absolute atomic E-state index is 0.217. The van der Waals surface area contributed by atoms with E-state index in [1.807, 2.05) is 0 Å². The molecule has 2 N–H and O–H groups in total. The Labute approximate surface area is 123 Å². The summed E-state index contributed by atoms with van der Waals surface area (Å²) in [5, 5.41) is 7.23. The molecule has 0 atom stereocenters. The predicted octanol–water partition coefficient (Wildman–Crippen LogP) is 2.08. The first-order chi connectivity index (χ1) is 10.0. The highest BCUT2D eigenvalue weighted by Gasteiger charge is 2.12. The zero-order chi connectivity index (χ0) is 15.0. The number of nitrogens with one attached hydrogen (secondary N) is 2. The topological polar surface area (TPSA) is 77.7 Å². The Kier molecular flexibility index (Phi) is 3.34. The third kappa shape index (κ3) is 2.59. The van der Waals surface area contributed by atoms with Gasteiger partial charge in [0, 0.05) is 24.2 Å². The normalized spacial score (nSPS) is 11.0. The van der Waals surface area contributed by atoms with Gasteiger partial charge in [0.15, 0.2) is 5.65 Å². The van der Waals surface area contributed by atoms with E-state index >= 15 is 0 Å². The molecule has 0 bridgehead atoms. The number of aromatic amines is 2. The zero-order valence-electron chi connectivity index (χ0n) is 11.0. The fourth-order valence-corrected chi connectivity index (χ4v) is 2.20. The molecule has 108 valence electrons. The van der Waals surface area contributed by atoms with Crippen LogP contribution >= 0.6 is 11.6 Å². The van der Waals surface area contributed by atoms with Gasteiger partial charge >= 0.3 is 0 Å². The van der Waals surface area contributed by atoms with Gasteiger partial charge < -0.3 is 4.90 Å². The van der Waals surface area contributed by atoms with Gasteiger partial charge in [-0.2, -0.15) is 10.1 Å². The van der Waals surface area contributed by atoms with E-state index in [2.05, 4.69) is 20.2 Å².